The SMILES string of the molecule is OC(Cc1cc2ccccc2s1)C(F)(F)F. The molecular weight excluding hydrogens is 237 g/mol. The first-order chi connectivity index (χ1) is 7.47. The molecule has 5 heteroatoms. The zero-order chi connectivity index (χ0) is 11.8. The maximum absolute atomic E-state index is 12.1. The smallest absolute Gasteiger partial charge is 0.383 e. The molecule has 2 rings (SSSR count). The van der Waals surface area contributed by atoms with Crippen molar-refractivity contribution in [3.05, 3.63) is 35.2 Å². The van der Waals surface area contributed by atoms with Crippen molar-refractivity contribution in [2.75, 3.05) is 0 Å². The first-order valence-electron chi connectivity index (χ1n) is 4.69. The molecule has 1 nitrogen and oxygen atoms in total. The van der Waals surface area contributed by atoms with Crippen molar-refractivity contribution < 1.29 is 18.3 Å². The van der Waals surface area contributed by atoms with Crippen LogP contribution in [0.2, 0.25) is 0 Å². The van der Waals surface area contributed by atoms with Gasteiger partial charge in [-0.2, -0.15) is 13.2 Å². The normalized spacial score (nSPS) is 14.2. The maximum Gasteiger partial charge on any atom is 0.414 e. The monoisotopic (exact) mass is 246 g/mol. The molecule has 0 radical (unpaired) electrons. The lowest BCUT2D eigenvalue weighted by Crippen LogP contribution is -2.30. The van der Waals surface area contributed by atoms with Gasteiger partial charge in [0.15, 0.2) is 6.10 Å². The second-order valence-corrected chi connectivity index (χ2v) is 4.68. The summed E-state index contributed by atoms with van der Waals surface area (Å²) in [5.41, 5.74) is 0. The van der Waals surface area contributed by atoms with Crippen LogP contribution in [0.4, 0.5) is 13.2 Å². The van der Waals surface area contributed by atoms with Crippen LogP contribution in [0.3, 0.4) is 0 Å². The molecule has 0 saturated heterocycles. The third-order valence-electron chi connectivity index (χ3n) is 2.25. The minimum absolute atomic E-state index is 0.372. The Morgan fingerprint density at radius 3 is 2.56 bits per heavy atom. The summed E-state index contributed by atoms with van der Waals surface area (Å²) in [6.07, 6.45) is -7.19. The second-order valence-electron chi connectivity index (χ2n) is 3.51. The highest BCUT2D eigenvalue weighted by Gasteiger charge is 2.38. The predicted molar refractivity (Wildman–Crippen MR) is 57.6 cm³/mol. The van der Waals surface area contributed by atoms with Gasteiger partial charge in [0, 0.05) is 16.0 Å². The van der Waals surface area contributed by atoms with Crippen LogP contribution in [-0.2, 0) is 6.42 Å². The van der Waals surface area contributed by atoms with Crippen molar-refractivity contribution >= 4 is 21.4 Å². The second kappa shape index (κ2) is 4.07. The molecule has 1 N–H and O–H groups in total. The zero-order valence-electron chi connectivity index (χ0n) is 8.16. The van der Waals surface area contributed by atoms with E-state index in [1.165, 1.54) is 11.3 Å². The van der Waals surface area contributed by atoms with E-state index < -0.39 is 12.3 Å². The molecule has 1 unspecified atom stereocenters. The van der Waals surface area contributed by atoms with Crippen molar-refractivity contribution in [1.82, 2.24) is 0 Å². The fraction of sp³-hybridized carbons (Fsp3) is 0.273. The van der Waals surface area contributed by atoms with E-state index in [0.717, 1.165) is 10.1 Å². The number of halogens is 3. The average molecular weight is 246 g/mol. The largest absolute Gasteiger partial charge is 0.414 e. The van der Waals surface area contributed by atoms with Crippen molar-refractivity contribution in [1.29, 1.82) is 0 Å². The molecule has 0 amide bonds. The molecule has 1 atom stereocenters. The summed E-state index contributed by atoms with van der Waals surface area (Å²) in [6, 6.07) is 9.05. The third kappa shape index (κ3) is 2.36. The van der Waals surface area contributed by atoms with Crippen molar-refractivity contribution in [3.63, 3.8) is 0 Å². The van der Waals surface area contributed by atoms with Gasteiger partial charge in [0.05, 0.1) is 0 Å². The Labute approximate surface area is 94.1 Å². The van der Waals surface area contributed by atoms with E-state index in [0.29, 0.717) is 4.88 Å². The highest BCUT2D eigenvalue weighted by Crippen LogP contribution is 2.29. The predicted octanol–water partition coefficient (Wildman–Crippen LogP) is 3.37. The number of alkyl halides is 3. The summed E-state index contributed by atoms with van der Waals surface area (Å²) in [5, 5.41) is 9.86. The summed E-state index contributed by atoms with van der Waals surface area (Å²) >= 11 is 1.28. The van der Waals surface area contributed by atoms with E-state index in [4.69, 9.17) is 5.11 Å². The number of rotatable bonds is 2. The molecular formula is C11H9F3OS. The van der Waals surface area contributed by atoms with E-state index in [-0.39, 0.29) is 6.42 Å². The lowest BCUT2D eigenvalue weighted by Gasteiger charge is -2.12. The first kappa shape index (κ1) is 11.4. The minimum Gasteiger partial charge on any atom is -0.383 e. The Morgan fingerprint density at radius 2 is 1.94 bits per heavy atom. The van der Waals surface area contributed by atoms with Crippen molar-refractivity contribution in [3.8, 4) is 0 Å². The number of benzene rings is 1. The van der Waals surface area contributed by atoms with Crippen LogP contribution in [0.5, 0.6) is 0 Å². The fourth-order valence-corrected chi connectivity index (χ4v) is 2.54. The first-order valence-corrected chi connectivity index (χ1v) is 5.51. The highest BCUT2D eigenvalue weighted by atomic mass is 32.1. The van der Waals surface area contributed by atoms with Gasteiger partial charge in [-0.05, 0) is 17.5 Å². The fourth-order valence-electron chi connectivity index (χ4n) is 1.44. The van der Waals surface area contributed by atoms with Gasteiger partial charge in [0.25, 0.3) is 0 Å². The van der Waals surface area contributed by atoms with Gasteiger partial charge in [-0.1, -0.05) is 18.2 Å². The molecule has 0 saturated carbocycles. The van der Waals surface area contributed by atoms with Crippen LogP contribution in [0, 0.1) is 0 Å². The summed E-state index contributed by atoms with van der Waals surface area (Å²) in [4.78, 5) is 0.547. The van der Waals surface area contributed by atoms with Crippen molar-refractivity contribution in [2.24, 2.45) is 0 Å². The Kier molecular flexibility index (Phi) is 2.90. The summed E-state index contributed by atoms with van der Waals surface area (Å²) in [6.45, 7) is 0. The topological polar surface area (TPSA) is 20.2 Å². The molecule has 1 aromatic carbocycles. The lowest BCUT2D eigenvalue weighted by molar-refractivity contribution is -0.202. The van der Waals surface area contributed by atoms with Gasteiger partial charge < -0.3 is 5.11 Å². The van der Waals surface area contributed by atoms with E-state index in [2.05, 4.69) is 0 Å². The number of hydrogen-bond donors (Lipinski definition) is 1. The number of thiophene rings is 1. The van der Waals surface area contributed by atoms with Gasteiger partial charge >= 0.3 is 6.18 Å². The van der Waals surface area contributed by atoms with Gasteiger partial charge in [-0.15, -0.1) is 11.3 Å². The molecule has 0 aliphatic carbocycles. The Morgan fingerprint density at radius 1 is 1.25 bits per heavy atom. The molecule has 0 aliphatic heterocycles. The zero-order valence-corrected chi connectivity index (χ0v) is 8.98. The summed E-state index contributed by atoms with van der Waals surface area (Å²) in [7, 11) is 0. The average Bonchev–Trinajstić information content (AvgIpc) is 2.58. The van der Waals surface area contributed by atoms with E-state index in [9.17, 15) is 13.2 Å². The van der Waals surface area contributed by atoms with Crippen molar-refractivity contribution in [2.45, 2.75) is 18.7 Å². The number of aliphatic hydroxyl groups excluding tert-OH is 1. The Bertz CT molecular complexity index is 456. The van der Waals surface area contributed by atoms with Gasteiger partial charge in [0.1, 0.15) is 0 Å². The van der Waals surface area contributed by atoms with Gasteiger partial charge in [-0.3, -0.25) is 0 Å². The number of fused-ring (bicyclic) bond motifs is 1. The Balaban J connectivity index is 2.22. The maximum atomic E-state index is 12.1. The minimum atomic E-state index is -4.55. The summed E-state index contributed by atoms with van der Waals surface area (Å²) < 4.78 is 37.4. The molecule has 86 valence electrons. The third-order valence-corrected chi connectivity index (χ3v) is 3.39. The van der Waals surface area contributed by atoms with Crippen LogP contribution in [0.25, 0.3) is 10.1 Å². The molecule has 16 heavy (non-hydrogen) atoms. The molecule has 1 aromatic heterocycles. The molecule has 0 bridgehead atoms. The standard InChI is InChI=1S/C11H9F3OS/c12-11(13,14)10(15)6-8-5-7-3-1-2-4-9(7)16-8/h1-5,10,15H,6H2. The van der Waals surface area contributed by atoms with E-state index in [1.807, 2.05) is 24.3 Å². The highest BCUT2D eigenvalue weighted by molar-refractivity contribution is 7.19. The summed E-state index contributed by atoms with van der Waals surface area (Å²) in [5.74, 6) is 0. The van der Waals surface area contributed by atoms with Crippen LogP contribution >= 0.6 is 11.3 Å². The van der Waals surface area contributed by atoms with Gasteiger partial charge in [-0.25, -0.2) is 0 Å². The Hall–Kier alpha value is -1.07. The number of aliphatic hydroxyl groups is 1. The van der Waals surface area contributed by atoms with E-state index >= 15 is 0 Å². The number of hydrogen-bond acceptors (Lipinski definition) is 2. The van der Waals surface area contributed by atoms with Crippen LogP contribution in [-0.4, -0.2) is 17.4 Å². The molecule has 0 fully saturated rings. The quantitative estimate of drug-likeness (QED) is 0.861. The van der Waals surface area contributed by atoms with Crippen LogP contribution in [0.1, 0.15) is 4.88 Å². The molecule has 0 aliphatic rings. The molecule has 0 spiro atoms. The van der Waals surface area contributed by atoms with Gasteiger partial charge in [0.2, 0.25) is 0 Å². The van der Waals surface area contributed by atoms with E-state index in [1.54, 1.807) is 6.07 Å². The van der Waals surface area contributed by atoms with Crippen LogP contribution < -0.4 is 0 Å². The molecule has 2 aromatic rings. The lowest BCUT2D eigenvalue weighted by atomic mass is 10.2. The van der Waals surface area contributed by atoms with Crippen LogP contribution in [0.15, 0.2) is 30.3 Å². The molecule has 1 heterocycles.